The maximum atomic E-state index is 10.5. The summed E-state index contributed by atoms with van der Waals surface area (Å²) in [4.78, 5) is 31.1. The Bertz CT molecular complexity index is 463. The number of rotatable bonds is 5. The molecule has 1 rings (SSSR count). The van der Waals surface area contributed by atoms with Crippen molar-refractivity contribution < 1.29 is 34.4 Å². The number of carbonyl (C=O) groups is 3. The van der Waals surface area contributed by atoms with Crippen LogP contribution in [-0.4, -0.2) is 45.9 Å². The zero-order valence-corrected chi connectivity index (χ0v) is 11.8. The lowest BCUT2D eigenvalue weighted by Gasteiger charge is -2.05. The number of hydrogen-bond acceptors (Lipinski definition) is 5. The summed E-state index contributed by atoms with van der Waals surface area (Å²) in [7, 11) is 0. The zero-order valence-electron chi connectivity index (χ0n) is 11.8. The molecule has 1 aromatic carbocycles. The molecule has 1 aromatic rings. The monoisotopic (exact) mass is 298 g/mol. The van der Waals surface area contributed by atoms with E-state index < -0.39 is 18.0 Å². The van der Waals surface area contributed by atoms with Gasteiger partial charge in [0.05, 0.1) is 17.2 Å². The number of hydrogen-bond donors (Lipinski definition) is 3. The molecule has 0 saturated heterocycles. The standard InChI is InChI=1S/C8H6O4.C6H12O3/c9-7(10)5-3-1-2-4-6(5)8(11)12;1-3-6(8)4-9-5(2)7/h1-4H,(H,9,10)(H,11,12);6,8H,3-4H2,1-2H3. The van der Waals surface area contributed by atoms with E-state index in [2.05, 4.69) is 4.74 Å². The Morgan fingerprint density at radius 2 is 1.52 bits per heavy atom. The van der Waals surface area contributed by atoms with Crippen LogP contribution in [0, 0.1) is 0 Å². The third-order valence-electron chi connectivity index (χ3n) is 2.34. The highest BCUT2D eigenvalue weighted by molar-refractivity contribution is 6.01. The minimum Gasteiger partial charge on any atom is -0.478 e. The van der Waals surface area contributed by atoms with Gasteiger partial charge >= 0.3 is 17.9 Å². The van der Waals surface area contributed by atoms with Crippen molar-refractivity contribution in [3.8, 4) is 0 Å². The molecule has 0 aliphatic rings. The maximum absolute atomic E-state index is 10.5. The Labute approximate surface area is 121 Å². The van der Waals surface area contributed by atoms with Gasteiger partial charge in [0, 0.05) is 6.92 Å². The van der Waals surface area contributed by atoms with Crippen LogP contribution in [0.5, 0.6) is 0 Å². The predicted molar refractivity (Wildman–Crippen MR) is 73.3 cm³/mol. The first-order valence-corrected chi connectivity index (χ1v) is 6.16. The van der Waals surface area contributed by atoms with Crippen LogP contribution < -0.4 is 0 Å². The van der Waals surface area contributed by atoms with Crippen molar-refractivity contribution >= 4 is 17.9 Å². The van der Waals surface area contributed by atoms with Crippen LogP contribution in [0.15, 0.2) is 24.3 Å². The van der Waals surface area contributed by atoms with Crippen LogP contribution in [-0.2, 0) is 9.53 Å². The van der Waals surface area contributed by atoms with Crippen LogP contribution in [0.1, 0.15) is 41.0 Å². The summed E-state index contributed by atoms with van der Waals surface area (Å²) in [6.45, 7) is 3.27. The first kappa shape index (κ1) is 18.6. The Balaban J connectivity index is 0.000000400. The van der Waals surface area contributed by atoms with E-state index in [9.17, 15) is 14.4 Å². The van der Waals surface area contributed by atoms with Crippen molar-refractivity contribution in [2.24, 2.45) is 0 Å². The van der Waals surface area contributed by atoms with Gasteiger partial charge in [-0.3, -0.25) is 4.79 Å². The van der Waals surface area contributed by atoms with Gasteiger partial charge in [-0.1, -0.05) is 19.1 Å². The number of benzene rings is 1. The van der Waals surface area contributed by atoms with Gasteiger partial charge in [0.15, 0.2) is 0 Å². The fourth-order valence-electron chi connectivity index (χ4n) is 1.19. The average molecular weight is 298 g/mol. The lowest BCUT2D eigenvalue weighted by molar-refractivity contribution is -0.143. The number of esters is 1. The van der Waals surface area contributed by atoms with Gasteiger partial charge in [-0.15, -0.1) is 0 Å². The first-order valence-electron chi connectivity index (χ1n) is 6.16. The molecule has 0 aliphatic heterocycles. The number of carboxylic acids is 2. The summed E-state index contributed by atoms with van der Waals surface area (Å²) >= 11 is 0. The molecule has 116 valence electrons. The molecule has 1 atom stereocenters. The summed E-state index contributed by atoms with van der Waals surface area (Å²) in [6, 6.07) is 5.48. The summed E-state index contributed by atoms with van der Waals surface area (Å²) < 4.78 is 4.51. The second-order valence-electron chi connectivity index (χ2n) is 4.02. The molecular formula is C14H18O7. The molecule has 0 heterocycles. The Morgan fingerprint density at radius 1 is 1.10 bits per heavy atom. The van der Waals surface area contributed by atoms with Gasteiger partial charge in [-0.25, -0.2) is 9.59 Å². The molecule has 7 heteroatoms. The molecule has 0 amide bonds. The molecule has 1 unspecified atom stereocenters. The van der Waals surface area contributed by atoms with E-state index in [-0.39, 0.29) is 23.7 Å². The second kappa shape index (κ2) is 9.49. The number of carboxylic acid groups (broad SMARTS) is 2. The molecular weight excluding hydrogens is 280 g/mol. The van der Waals surface area contributed by atoms with Crippen LogP contribution >= 0.6 is 0 Å². The van der Waals surface area contributed by atoms with E-state index in [1.807, 2.05) is 6.92 Å². The van der Waals surface area contributed by atoms with Crippen molar-refractivity contribution in [1.29, 1.82) is 0 Å². The van der Waals surface area contributed by atoms with E-state index >= 15 is 0 Å². The molecule has 7 nitrogen and oxygen atoms in total. The molecule has 0 spiro atoms. The fourth-order valence-corrected chi connectivity index (χ4v) is 1.19. The molecule has 0 aromatic heterocycles. The van der Waals surface area contributed by atoms with E-state index in [4.69, 9.17) is 15.3 Å². The summed E-state index contributed by atoms with van der Waals surface area (Å²) in [6.07, 6.45) is 0.113. The Kier molecular flexibility index (Phi) is 8.40. The van der Waals surface area contributed by atoms with Crippen LogP contribution in [0.2, 0.25) is 0 Å². The summed E-state index contributed by atoms with van der Waals surface area (Å²) in [5.74, 6) is -2.80. The van der Waals surface area contributed by atoms with E-state index in [1.165, 1.54) is 31.2 Å². The van der Waals surface area contributed by atoms with Gasteiger partial charge in [0.25, 0.3) is 0 Å². The number of carbonyl (C=O) groups excluding carboxylic acids is 1. The van der Waals surface area contributed by atoms with Crippen LogP contribution in [0.25, 0.3) is 0 Å². The average Bonchev–Trinajstić information content (AvgIpc) is 2.45. The SMILES string of the molecule is CCC(O)COC(C)=O.O=C(O)c1ccccc1C(=O)O. The number of aromatic carboxylic acids is 2. The van der Waals surface area contributed by atoms with Gasteiger partial charge < -0.3 is 20.1 Å². The number of aliphatic hydroxyl groups is 1. The second-order valence-corrected chi connectivity index (χ2v) is 4.02. The Hall–Kier alpha value is -2.41. The van der Waals surface area contributed by atoms with Gasteiger partial charge in [-0.05, 0) is 18.6 Å². The maximum Gasteiger partial charge on any atom is 0.336 e. The molecule has 0 saturated carbocycles. The molecule has 3 N–H and O–H groups in total. The molecule has 0 radical (unpaired) electrons. The minimum atomic E-state index is -1.23. The third-order valence-corrected chi connectivity index (χ3v) is 2.34. The van der Waals surface area contributed by atoms with Gasteiger partial charge in [-0.2, -0.15) is 0 Å². The molecule has 0 bridgehead atoms. The first-order chi connectivity index (χ1) is 9.79. The quantitative estimate of drug-likeness (QED) is 0.702. The normalized spacial score (nSPS) is 10.8. The highest BCUT2D eigenvalue weighted by Crippen LogP contribution is 2.07. The van der Waals surface area contributed by atoms with Crippen molar-refractivity contribution in [2.45, 2.75) is 26.4 Å². The predicted octanol–water partition coefficient (Wildman–Crippen LogP) is 1.40. The topological polar surface area (TPSA) is 121 Å². The van der Waals surface area contributed by atoms with E-state index in [1.54, 1.807) is 0 Å². The molecule has 21 heavy (non-hydrogen) atoms. The van der Waals surface area contributed by atoms with Crippen molar-refractivity contribution in [2.75, 3.05) is 6.61 Å². The van der Waals surface area contributed by atoms with Crippen molar-refractivity contribution in [3.63, 3.8) is 0 Å². The van der Waals surface area contributed by atoms with Gasteiger partial charge in [0.2, 0.25) is 0 Å². The highest BCUT2D eigenvalue weighted by Gasteiger charge is 2.13. The van der Waals surface area contributed by atoms with Crippen molar-refractivity contribution in [1.82, 2.24) is 0 Å². The number of ether oxygens (including phenoxy) is 1. The fraction of sp³-hybridized carbons (Fsp3) is 0.357. The zero-order chi connectivity index (χ0) is 16.4. The third kappa shape index (κ3) is 7.68. The summed E-state index contributed by atoms with van der Waals surface area (Å²) in [5.41, 5.74) is -0.380. The summed E-state index contributed by atoms with van der Waals surface area (Å²) in [5, 5.41) is 25.9. The Morgan fingerprint density at radius 3 is 1.81 bits per heavy atom. The van der Waals surface area contributed by atoms with Gasteiger partial charge in [0.1, 0.15) is 6.61 Å². The molecule has 0 aliphatic carbocycles. The number of aliphatic hydroxyl groups excluding tert-OH is 1. The highest BCUT2D eigenvalue weighted by atomic mass is 16.5. The largest absolute Gasteiger partial charge is 0.478 e. The minimum absolute atomic E-state index is 0.117. The van der Waals surface area contributed by atoms with Crippen LogP contribution in [0.3, 0.4) is 0 Å². The van der Waals surface area contributed by atoms with Crippen molar-refractivity contribution in [3.05, 3.63) is 35.4 Å². The van der Waals surface area contributed by atoms with Crippen LogP contribution in [0.4, 0.5) is 0 Å². The van der Waals surface area contributed by atoms with E-state index in [0.717, 1.165) is 0 Å². The van der Waals surface area contributed by atoms with E-state index in [0.29, 0.717) is 6.42 Å². The molecule has 0 fully saturated rings. The lowest BCUT2D eigenvalue weighted by Crippen LogP contribution is -2.15. The lowest BCUT2D eigenvalue weighted by atomic mass is 10.1. The smallest absolute Gasteiger partial charge is 0.336 e.